The Morgan fingerprint density at radius 3 is 2.67 bits per heavy atom. The summed E-state index contributed by atoms with van der Waals surface area (Å²) in [6.07, 6.45) is 6.69. The molecule has 0 bridgehead atoms. The monoisotopic (exact) mass is 360 g/mol. The van der Waals surface area contributed by atoms with E-state index in [2.05, 4.69) is 11.2 Å². The summed E-state index contributed by atoms with van der Waals surface area (Å²) in [4.78, 5) is 12.5. The van der Waals surface area contributed by atoms with Crippen LogP contribution in [0.15, 0.2) is 42.0 Å². The van der Waals surface area contributed by atoms with Crippen molar-refractivity contribution in [1.82, 2.24) is 0 Å². The second kappa shape index (κ2) is 9.12. The molecule has 0 aromatic heterocycles. The first-order chi connectivity index (χ1) is 13.0. The molecule has 0 saturated carbocycles. The molecule has 0 spiro atoms. The molecule has 1 N–H and O–H groups in total. The molecule has 0 aliphatic heterocycles. The normalized spacial score (nSPS) is 10.5. The number of nitrogens with zero attached hydrogens (tertiary/aromatic N) is 1. The minimum absolute atomic E-state index is 0.0183. The Morgan fingerprint density at radius 1 is 1.22 bits per heavy atom. The fraction of sp³-hybridized carbons (Fsp3) is 0.182. The second-order valence-corrected chi connectivity index (χ2v) is 5.85. The van der Waals surface area contributed by atoms with Crippen molar-refractivity contribution < 1.29 is 14.3 Å². The number of ether oxygens (including phenoxy) is 2. The molecule has 5 nitrogen and oxygen atoms in total. The van der Waals surface area contributed by atoms with Gasteiger partial charge in [0.15, 0.2) is 11.5 Å². The van der Waals surface area contributed by atoms with E-state index in [1.54, 1.807) is 18.2 Å². The highest BCUT2D eigenvalue weighted by Crippen LogP contribution is 2.29. The van der Waals surface area contributed by atoms with Crippen molar-refractivity contribution in [2.24, 2.45) is 0 Å². The third kappa shape index (κ3) is 5.14. The molecular formula is C22H20N2O3. The number of nitriles is 1. The SMILES string of the molecule is C#CCOc1ccc(/C=C(\C#N)C(=O)Nc2cc(C)ccc2C)cc1OC. The van der Waals surface area contributed by atoms with Crippen molar-refractivity contribution in [3.63, 3.8) is 0 Å². The predicted molar refractivity (Wildman–Crippen MR) is 105 cm³/mol. The Morgan fingerprint density at radius 2 is 2.00 bits per heavy atom. The van der Waals surface area contributed by atoms with Crippen molar-refractivity contribution in [2.45, 2.75) is 13.8 Å². The Kier molecular flexibility index (Phi) is 6.63. The van der Waals surface area contributed by atoms with Crippen LogP contribution in [0.1, 0.15) is 16.7 Å². The van der Waals surface area contributed by atoms with E-state index in [9.17, 15) is 10.1 Å². The highest BCUT2D eigenvalue weighted by molar-refractivity contribution is 6.10. The Hall–Kier alpha value is -3.70. The molecule has 0 aliphatic carbocycles. The molecule has 0 fully saturated rings. The van der Waals surface area contributed by atoms with Gasteiger partial charge in [0.2, 0.25) is 0 Å². The lowest BCUT2D eigenvalue weighted by atomic mass is 10.1. The molecule has 0 radical (unpaired) electrons. The van der Waals surface area contributed by atoms with Crippen LogP contribution in [0.4, 0.5) is 5.69 Å². The van der Waals surface area contributed by atoms with Crippen molar-refractivity contribution in [3.8, 4) is 29.9 Å². The van der Waals surface area contributed by atoms with Crippen LogP contribution in [0.5, 0.6) is 11.5 Å². The van der Waals surface area contributed by atoms with Gasteiger partial charge in [-0.05, 0) is 54.8 Å². The van der Waals surface area contributed by atoms with Gasteiger partial charge in [0.25, 0.3) is 5.91 Å². The lowest BCUT2D eigenvalue weighted by Crippen LogP contribution is -2.14. The maximum Gasteiger partial charge on any atom is 0.266 e. The third-order valence-electron chi connectivity index (χ3n) is 3.82. The van der Waals surface area contributed by atoms with E-state index in [1.165, 1.54) is 13.2 Å². The molecule has 5 heteroatoms. The van der Waals surface area contributed by atoms with Crippen LogP contribution in [0, 0.1) is 37.5 Å². The largest absolute Gasteiger partial charge is 0.493 e. The number of amides is 1. The molecule has 1 amide bonds. The molecular weight excluding hydrogens is 340 g/mol. The van der Waals surface area contributed by atoms with Crippen LogP contribution >= 0.6 is 0 Å². The molecule has 0 aliphatic rings. The number of carbonyl (C=O) groups is 1. The number of carbonyl (C=O) groups excluding carboxylic acids is 1. The zero-order valence-electron chi connectivity index (χ0n) is 15.5. The van der Waals surface area contributed by atoms with Gasteiger partial charge in [0, 0.05) is 5.69 Å². The second-order valence-electron chi connectivity index (χ2n) is 5.85. The van der Waals surface area contributed by atoms with E-state index in [-0.39, 0.29) is 12.2 Å². The zero-order valence-corrected chi connectivity index (χ0v) is 15.5. The number of nitrogens with one attached hydrogen (secondary N) is 1. The van der Waals surface area contributed by atoms with Gasteiger partial charge in [0.05, 0.1) is 7.11 Å². The summed E-state index contributed by atoms with van der Waals surface area (Å²) in [7, 11) is 1.50. The van der Waals surface area contributed by atoms with Gasteiger partial charge in [-0.25, -0.2) is 0 Å². The van der Waals surface area contributed by atoms with Crippen LogP contribution in [0.25, 0.3) is 6.08 Å². The summed E-state index contributed by atoms with van der Waals surface area (Å²) in [6, 6.07) is 12.8. The van der Waals surface area contributed by atoms with Crippen LogP contribution < -0.4 is 14.8 Å². The number of anilines is 1. The first-order valence-electron chi connectivity index (χ1n) is 8.23. The molecule has 136 valence electrons. The van der Waals surface area contributed by atoms with Gasteiger partial charge in [-0.1, -0.05) is 24.1 Å². The van der Waals surface area contributed by atoms with Crippen molar-refractivity contribution in [1.29, 1.82) is 5.26 Å². The lowest BCUT2D eigenvalue weighted by Gasteiger charge is -2.10. The van der Waals surface area contributed by atoms with Gasteiger partial charge < -0.3 is 14.8 Å². The molecule has 27 heavy (non-hydrogen) atoms. The predicted octanol–water partition coefficient (Wildman–Crippen LogP) is 3.87. The van der Waals surface area contributed by atoms with Crippen molar-refractivity contribution in [3.05, 3.63) is 58.7 Å². The summed E-state index contributed by atoms with van der Waals surface area (Å²) in [6.45, 7) is 3.95. The maximum absolute atomic E-state index is 12.5. The number of benzene rings is 2. The quantitative estimate of drug-likeness (QED) is 0.482. The summed E-state index contributed by atoms with van der Waals surface area (Å²) >= 11 is 0. The standard InChI is InChI=1S/C22H20N2O3/c1-5-10-27-20-9-8-17(13-21(20)26-4)12-18(14-23)22(25)24-19-11-15(2)6-7-16(19)3/h1,6-9,11-13H,10H2,2-4H3,(H,24,25)/b18-12+. The maximum atomic E-state index is 12.5. The smallest absolute Gasteiger partial charge is 0.266 e. The number of methoxy groups -OCH3 is 1. The van der Waals surface area contributed by atoms with Gasteiger partial charge in [-0.15, -0.1) is 6.42 Å². The first-order valence-corrected chi connectivity index (χ1v) is 8.23. The number of rotatable bonds is 6. The van der Waals surface area contributed by atoms with E-state index < -0.39 is 5.91 Å². The number of terminal acetylenes is 1. The van der Waals surface area contributed by atoms with E-state index in [0.29, 0.717) is 22.7 Å². The Labute approximate surface area is 159 Å². The number of hydrogen-bond acceptors (Lipinski definition) is 4. The minimum Gasteiger partial charge on any atom is -0.493 e. The highest BCUT2D eigenvalue weighted by atomic mass is 16.5. The van der Waals surface area contributed by atoms with E-state index in [1.807, 2.05) is 38.1 Å². The average molecular weight is 360 g/mol. The summed E-state index contributed by atoms with van der Waals surface area (Å²) in [5.41, 5.74) is 3.23. The topological polar surface area (TPSA) is 71.3 Å². The zero-order chi connectivity index (χ0) is 19.8. The van der Waals surface area contributed by atoms with Gasteiger partial charge in [0.1, 0.15) is 18.2 Å². The molecule has 0 heterocycles. The molecule has 0 saturated heterocycles. The first kappa shape index (κ1) is 19.6. The number of aryl methyl sites for hydroxylation is 2. The third-order valence-corrected chi connectivity index (χ3v) is 3.82. The van der Waals surface area contributed by atoms with E-state index in [0.717, 1.165) is 11.1 Å². The average Bonchev–Trinajstić information content (AvgIpc) is 2.67. The lowest BCUT2D eigenvalue weighted by molar-refractivity contribution is -0.112. The van der Waals surface area contributed by atoms with Crippen LogP contribution in [0.3, 0.4) is 0 Å². The van der Waals surface area contributed by atoms with E-state index in [4.69, 9.17) is 15.9 Å². The highest BCUT2D eigenvalue weighted by Gasteiger charge is 2.12. The van der Waals surface area contributed by atoms with Crippen LogP contribution in [0.2, 0.25) is 0 Å². The fourth-order valence-corrected chi connectivity index (χ4v) is 2.39. The molecule has 2 rings (SSSR count). The van der Waals surface area contributed by atoms with Gasteiger partial charge >= 0.3 is 0 Å². The molecule has 0 unspecified atom stereocenters. The minimum atomic E-state index is -0.474. The van der Waals surface area contributed by atoms with Gasteiger partial charge in [-0.3, -0.25) is 4.79 Å². The van der Waals surface area contributed by atoms with Crippen LogP contribution in [-0.2, 0) is 4.79 Å². The molecule has 2 aromatic rings. The Bertz CT molecular complexity index is 962. The van der Waals surface area contributed by atoms with Crippen molar-refractivity contribution >= 4 is 17.7 Å². The molecule has 2 aromatic carbocycles. The summed E-state index contributed by atoms with van der Waals surface area (Å²) < 4.78 is 10.7. The Balaban J connectivity index is 2.27. The number of hydrogen-bond donors (Lipinski definition) is 1. The summed E-state index contributed by atoms with van der Waals surface area (Å²) in [5.74, 6) is 2.87. The van der Waals surface area contributed by atoms with Gasteiger partial charge in [-0.2, -0.15) is 5.26 Å². The van der Waals surface area contributed by atoms with E-state index >= 15 is 0 Å². The fourth-order valence-electron chi connectivity index (χ4n) is 2.39. The van der Waals surface area contributed by atoms with Crippen LogP contribution in [-0.4, -0.2) is 19.6 Å². The molecule has 0 atom stereocenters. The van der Waals surface area contributed by atoms with Crippen molar-refractivity contribution in [2.75, 3.05) is 19.0 Å². The summed E-state index contributed by atoms with van der Waals surface area (Å²) in [5, 5.41) is 12.2.